The van der Waals surface area contributed by atoms with E-state index in [0.717, 1.165) is 17.3 Å². The Hall–Kier alpha value is -0.390. The lowest BCUT2D eigenvalue weighted by Gasteiger charge is -2.19. The maximum atomic E-state index is 11.8. The van der Waals surface area contributed by atoms with E-state index < -0.39 is 0 Å². The third kappa shape index (κ3) is 3.53. The summed E-state index contributed by atoms with van der Waals surface area (Å²) in [6.45, 7) is 3.99. The molecule has 1 aliphatic carbocycles. The Morgan fingerprint density at radius 3 is 2.76 bits per heavy atom. The second kappa shape index (κ2) is 5.50. The van der Waals surface area contributed by atoms with Gasteiger partial charge in [-0.2, -0.15) is 0 Å². The van der Waals surface area contributed by atoms with E-state index in [1.165, 1.54) is 4.88 Å². The second-order valence-corrected chi connectivity index (χ2v) is 6.33. The van der Waals surface area contributed by atoms with Gasteiger partial charge >= 0.3 is 0 Å². The molecule has 0 aromatic carbocycles. The number of carbonyl (C=O) groups excluding carboxylic acids is 1. The Kier molecular flexibility index (Phi) is 4.22. The molecule has 1 heterocycles. The quantitative estimate of drug-likeness (QED) is 0.877. The number of halogens is 1. The summed E-state index contributed by atoms with van der Waals surface area (Å²) < 4.78 is 1.11. The Labute approximate surface area is 114 Å². The molecule has 0 radical (unpaired) electrons. The van der Waals surface area contributed by atoms with Crippen molar-refractivity contribution in [3.8, 4) is 0 Å². The fourth-order valence-electron chi connectivity index (χ4n) is 1.69. The van der Waals surface area contributed by atoms with Gasteiger partial charge in [0.05, 0.1) is 6.04 Å². The maximum Gasteiger partial charge on any atom is 0.237 e. The standard InChI is InChI=1S/C12H17BrN2OS/c1-7(11-10(13)5-6-17-11)14-8(2)12(16)15-9-3-4-9/h5-9,14H,3-4H2,1-2H3,(H,15,16). The Morgan fingerprint density at radius 1 is 1.53 bits per heavy atom. The minimum atomic E-state index is -0.153. The largest absolute Gasteiger partial charge is 0.352 e. The molecule has 2 rings (SSSR count). The van der Waals surface area contributed by atoms with Crippen molar-refractivity contribution >= 4 is 33.2 Å². The van der Waals surface area contributed by atoms with Gasteiger partial charge in [0, 0.05) is 21.4 Å². The summed E-state index contributed by atoms with van der Waals surface area (Å²) in [7, 11) is 0. The Morgan fingerprint density at radius 2 is 2.24 bits per heavy atom. The minimum Gasteiger partial charge on any atom is -0.352 e. The van der Waals surface area contributed by atoms with Crippen molar-refractivity contribution in [2.75, 3.05) is 0 Å². The molecule has 94 valence electrons. The molecule has 1 aliphatic rings. The van der Waals surface area contributed by atoms with Crippen molar-refractivity contribution in [1.29, 1.82) is 0 Å². The Balaban J connectivity index is 1.86. The lowest BCUT2D eigenvalue weighted by Crippen LogP contribution is -2.43. The average molecular weight is 317 g/mol. The third-order valence-electron chi connectivity index (χ3n) is 2.86. The van der Waals surface area contributed by atoms with E-state index >= 15 is 0 Å². The van der Waals surface area contributed by atoms with Crippen LogP contribution in [0.5, 0.6) is 0 Å². The summed E-state index contributed by atoms with van der Waals surface area (Å²) in [5.74, 6) is 0.104. The van der Waals surface area contributed by atoms with Crippen LogP contribution in [-0.4, -0.2) is 18.0 Å². The summed E-state index contributed by atoms with van der Waals surface area (Å²) in [6, 6.07) is 2.49. The molecular weight excluding hydrogens is 300 g/mol. The summed E-state index contributed by atoms with van der Waals surface area (Å²) >= 11 is 5.21. The van der Waals surface area contributed by atoms with Crippen LogP contribution >= 0.6 is 27.3 Å². The highest BCUT2D eigenvalue weighted by atomic mass is 79.9. The fraction of sp³-hybridized carbons (Fsp3) is 0.583. The zero-order valence-corrected chi connectivity index (χ0v) is 12.4. The van der Waals surface area contributed by atoms with Crippen LogP contribution in [0.25, 0.3) is 0 Å². The highest BCUT2D eigenvalue weighted by molar-refractivity contribution is 9.10. The molecule has 1 aromatic rings. The second-order valence-electron chi connectivity index (χ2n) is 4.53. The van der Waals surface area contributed by atoms with Crippen molar-refractivity contribution in [3.63, 3.8) is 0 Å². The maximum absolute atomic E-state index is 11.8. The molecule has 0 saturated heterocycles. The predicted molar refractivity (Wildman–Crippen MR) is 74.2 cm³/mol. The van der Waals surface area contributed by atoms with E-state index in [-0.39, 0.29) is 18.0 Å². The fourth-order valence-corrected chi connectivity index (χ4v) is 3.43. The number of nitrogens with one attached hydrogen (secondary N) is 2. The van der Waals surface area contributed by atoms with E-state index in [1.807, 2.05) is 18.4 Å². The van der Waals surface area contributed by atoms with Crippen LogP contribution in [0, 0.1) is 0 Å². The lowest BCUT2D eigenvalue weighted by molar-refractivity contribution is -0.123. The van der Waals surface area contributed by atoms with Gasteiger partial charge in [-0.3, -0.25) is 10.1 Å². The predicted octanol–water partition coefficient (Wildman–Crippen LogP) is 2.83. The van der Waals surface area contributed by atoms with Crippen LogP contribution in [-0.2, 0) is 4.79 Å². The highest BCUT2D eigenvalue weighted by Crippen LogP contribution is 2.29. The molecule has 3 nitrogen and oxygen atoms in total. The average Bonchev–Trinajstić information content (AvgIpc) is 2.98. The molecule has 1 aromatic heterocycles. The summed E-state index contributed by atoms with van der Waals surface area (Å²) in [5.41, 5.74) is 0. The van der Waals surface area contributed by atoms with Gasteiger partial charge < -0.3 is 5.32 Å². The van der Waals surface area contributed by atoms with Crippen LogP contribution in [0.15, 0.2) is 15.9 Å². The molecule has 1 saturated carbocycles. The topological polar surface area (TPSA) is 41.1 Å². The molecule has 2 N–H and O–H groups in total. The van der Waals surface area contributed by atoms with Crippen LogP contribution in [0.1, 0.15) is 37.6 Å². The molecule has 17 heavy (non-hydrogen) atoms. The van der Waals surface area contributed by atoms with E-state index in [9.17, 15) is 4.79 Å². The Bertz CT molecular complexity index is 403. The first-order valence-electron chi connectivity index (χ1n) is 5.87. The van der Waals surface area contributed by atoms with E-state index in [0.29, 0.717) is 6.04 Å². The summed E-state index contributed by atoms with van der Waals surface area (Å²) in [6.07, 6.45) is 2.26. The van der Waals surface area contributed by atoms with Gasteiger partial charge in [0.15, 0.2) is 0 Å². The van der Waals surface area contributed by atoms with Gasteiger partial charge in [-0.1, -0.05) is 0 Å². The zero-order valence-electron chi connectivity index (χ0n) is 10.00. The minimum absolute atomic E-state index is 0.104. The summed E-state index contributed by atoms with van der Waals surface area (Å²) in [4.78, 5) is 13.0. The number of amides is 1. The third-order valence-corrected chi connectivity index (χ3v) is 4.91. The number of hydrogen-bond donors (Lipinski definition) is 2. The molecule has 2 unspecified atom stereocenters. The first-order valence-corrected chi connectivity index (χ1v) is 7.54. The normalized spacial score (nSPS) is 18.8. The van der Waals surface area contributed by atoms with Gasteiger partial charge in [0.25, 0.3) is 0 Å². The first kappa shape index (κ1) is 13.1. The highest BCUT2D eigenvalue weighted by Gasteiger charge is 2.26. The molecule has 1 amide bonds. The summed E-state index contributed by atoms with van der Waals surface area (Å²) in [5, 5.41) is 8.38. The van der Waals surface area contributed by atoms with Gasteiger partial charge in [-0.05, 0) is 54.1 Å². The van der Waals surface area contributed by atoms with Gasteiger partial charge in [0.2, 0.25) is 5.91 Å². The van der Waals surface area contributed by atoms with E-state index in [4.69, 9.17) is 0 Å². The van der Waals surface area contributed by atoms with Gasteiger partial charge in [-0.15, -0.1) is 11.3 Å². The van der Waals surface area contributed by atoms with Crippen molar-refractivity contribution in [1.82, 2.24) is 10.6 Å². The van der Waals surface area contributed by atoms with Gasteiger partial charge in [0.1, 0.15) is 0 Å². The van der Waals surface area contributed by atoms with Crippen LogP contribution in [0.3, 0.4) is 0 Å². The molecule has 1 fully saturated rings. The smallest absolute Gasteiger partial charge is 0.237 e. The van der Waals surface area contributed by atoms with Gasteiger partial charge in [-0.25, -0.2) is 0 Å². The van der Waals surface area contributed by atoms with Crippen LogP contribution < -0.4 is 10.6 Å². The zero-order chi connectivity index (χ0) is 12.4. The number of rotatable bonds is 5. The monoisotopic (exact) mass is 316 g/mol. The van der Waals surface area contributed by atoms with Crippen molar-refractivity contribution in [2.45, 2.75) is 44.8 Å². The van der Waals surface area contributed by atoms with Crippen molar-refractivity contribution in [2.24, 2.45) is 0 Å². The molecular formula is C12H17BrN2OS. The molecule has 0 spiro atoms. The molecule has 2 atom stereocenters. The SMILES string of the molecule is CC(NC(C)c1sccc1Br)C(=O)NC1CC1. The molecule has 0 bridgehead atoms. The van der Waals surface area contributed by atoms with E-state index in [2.05, 4.69) is 33.5 Å². The molecule has 5 heteroatoms. The molecule has 0 aliphatic heterocycles. The van der Waals surface area contributed by atoms with E-state index in [1.54, 1.807) is 11.3 Å². The lowest BCUT2D eigenvalue weighted by atomic mass is 10.2. The number of thiophene rings is 1. The number of hydrogen-bond acceptors (Lipinski definition) is 3. The van der Waals surface area contributed by atoms with Crippen LogP contribution in [0.4, 0.5) is 0 Å². The van der Waals surface area contributed by atoms with Crippen LogP contribution in [0.2, 0.25) is 0 Å². The number of carbonyl (C=O) groups is 1. The van der Waals surface area contributed by atoms with Crippen molar-refractivity contribution in [3.05, 3.63) is 20.8 Å². The van der Waals surface area contributed by atoms with Crippen molar-refractivity contribution < 1.29 is 4.79 Å². The first-order chi connectivity index (χ1) is 8.08.